The maximum absolute atomic E-state index is 12.7. The maximum atomic E-state index is 12.7. The number of hydrogen-bond acceptors (Lipinski definition) is 2. The fourth-order valence-corrected chi connectivity index (χ4v) is 1.73. The minimum absolute atomic E-state index is 0.0394. The number of nitrogens with zero attached hydrogens (tertiary/aromatic N) is 1. The smallest absolute Gasteiger partial charge is 0.307 e. The molecule has 82 valence electrons. The number of aliphatic carboxylic acids is 1. The first-order valence-electron chi connectivity index (χ1n) is 4.07. The molecule has 0 amide bonds. The van der Waals surface area contributed by atoms with Crippen LogP contribution >= 0.6 is 15.9 Å². The summed E-state index contributed by atoms with van der Waals surface area (Å²) in [6.07, 6.45) is -1.87. The number of hydrogen-bond donors (Lipinski definition) is 1. The number of aryl methyl sites for hydroxylation is 1. The summed E-state index contributed by atoms with van der Waals surface area (Å²) in [6, 6.07) is 0. The molecule has 0 fully saturated rings. The minimum atomic E-state index is -2.70. The van der Waals surface area contributed by atoms with E-state index in [9.17, 15) is 13.6 Å². The first-order valence-corrected chi connectivity index (χ1v) is 4.86. The third-order valence-corrected chi connectivity index (χ3v) is 2.60. The Balaban J connectivity index is 3.31. The van der Waals surface area contributed by atoms with Gasteiger partial charge in [-0.05, 0) is 28.4 Å². The van der Waals surface area contributed by atoms with Crippen molar-refractivity contribution in [3.8, 4) is 0 Å². The van der Waals surface area contributed by atoms with Gasteiger partial charge in [-0.2, -0.15) is 0 Å². The van der Waals surface area contributed by atoms with Gasteiger partial charge in [0.2, 0.25) is 0 Å². The quantitative estimate of drug-likeness (QED) is 0.866. The van der Waals surface area contributed by atoms with Crippen molar-refractivity contribution in [1.82, 2.24) is 4.98 Å². The topological polar surface area (TPSA) is 50.2 Å². The number of pyridine rings is 1. The molecule has 0 spiro atoms. The van der Waals surface area contributed by atoms with E-state index in [0.29, 0.717) is 5.56 Å². The lowest BCUT2D eigenvalue weighted by atomic mass is 10.0. The average Bonchev–Trinajstić information content (AvgIpc) is 2.10. The van der Waals surface area contributed by atoms with E-state index >= 15 is 0 Å². The van der Waals surface area contributed by atoms with Crippen LogP contribution in [-0.2, 0) is 11.2 Å². The SMILES string of the molecule is Cc1cnc(Br)c(CC(=O)O)c1C(F)F. The van der Waals surface area contributed by atoms with Gasteiger partial charge in [-0.3, -0.25) is 4.79 Å². The molecule has 0 saturated carbocycles. The molecule has 0 aliphatic carbocycles. The van der Waals surface area contributed by atoms with E-state index in [1.807, 2.05) is 0 Å². The molecular weight excluding hydrogens is 272 g/mol. The van der Waals surface area contributed by atoms with Crippen molar-refractivity contribution in [3.63, 3.8) is 0 Å². The molecule has 15 heavy (non-hydrogen) atoms. The Morgan fingerprint density at radius 2 is 2.27 bits per heavy atom. The molecular formula is C9H8BrF2NO2. The van der Waals surface area contributed by atoms with Crippen molar-refractivity contribution >= 4 is 21.9 Å². The zero-order valence-electron chi connectivity index (χ0n) is 7.80. The second-order valence-corrected chi connectivity index (χ2v) is 3.75. The molecule has 0 unspecified atom stereocenters. The third kappa shape index (κ3) is 2.71. The van der Waals surface area contributed by atoms with E-state index in [4.69, 9.17) is 5.11 Å². The van der Waals surface area contributed by atoms with E-state index in [1.165, 1.54) is 13.1 Å². The lowest BCUT2D eigenvalue weighted by Crippen LogP contribution is -2.07. The number of carboxylic acids is 1. The van der Waals surface area contributed by atoms with Gasteiger partial charge < -0.3 is 5.11 Å². The van der Waals surface area contributed by atoms with E-state index in [1.54, 1.807) is 0 Å². The fourth-order valence-electron chi connectivity index (χ4n) is 1.27. The lowest BCUT2D eigenvalue weighted by Gasteiger charge is -2.11. The molecule has 1 N–H and O–H groups in total. The molecule has 0 aliphatic heterocycles. The van der Waals surface area contributed by atoms with Crippen LogP contribution in [0.3, 0.4) is 0 Å². The molecule has 0 radical (unpaired) electrons. The summed E-state index contributed by atoms with van der Waals surface area (Å²) < 4.78 is 25.5. The average molecular weight is 280 g/mol. The van der Waals surface area contributed by atoms with Gasteiger partial charge in [0.1, 0.15) is 4.60 Å². The van der Waals surface area contributed by atoms with Gasteiger partial charge in [-0.1, -0.05) is 0 Å². The van der Waals surface area contributed by atoms with Crippen molar-refractivity contribution in [2.24, 2.45) is 0 Å². The molecule has 3 nitrogen and oxygen atoms in total. The van der Waals surface area contributed by atoms with Crippen LogP contribution in [0.5, 0.6) is 0 Å². The second kappa shape index (κ2) is 4.65. The fraction of sp³-hybridized carbons (Fsp3) is 0.333. The summed E-state index contributed by atoms with van der Waals surface area (Å²) in [5.74, 6) is -1.16. The Kier molecular flexibility index (Phi) is 3.73. The van der Waals surface area contributed by atoms with Gasteiger partial charge in [-0.15, -0.1) is 0 Å². The largest absolute Gasteiger partial charge is 0.481 e. The van der Waals surface area contributed by atoms with E-state index in [0.717, 1.165) is 0 Å². The molecule has 1 rings (SSSR count). The van der Waals surface area contributed by atoms with Crippen LogP contribution in [0.4, 0.5) is 8.78 Å². The summed E-state index contributed by atoms with van der Waals surface area (Å²) in [7, 11) is 0. The maximum Gasteiger partial charge on any atom is 0.307 e. The highest BCUT2D eigenvalue weighted by Crippen LogP contribution is 2.30. The standard InChI is InChI=1S/C9H8BrF2NO2/c1-4-3-13-8(10)5(2-6(14)15)7(4)9(11)12/h3,9H,2H2,1H3,(H,14,15). The number of halogens is 3. The summed E-state index contributed by atoms with van der Waals surface area (Å²) in [6.45, 7) is 1.48. The first-order chi connectivity index (χ1) is 6.93. The lowest BCUT2D eigenvalue weighted by molar-refractivity contribution is -0.136. The monoisotopic (exact) mass is 279 g/mol. The Morgan fingerprint density at radius 3 is 2.73 bits per heavy atom. The van der Waals surface area contributed by atoms with Crippen LogP contribution in [0, 0.1) is 6.92 Å². The van der Waals surface area contributed by atoms with Crippen LogP contribution in [0.1, 0.15) is 23.1 Å². The normalized spacial score (nSPS) is 10.7. The Bertz CT molecular complexity index is 396. The summed E-state index contributed by atoms with van der Waals surface area (Å²) >= 11 is 2.97. The van der Waals surface area contributed by atoms with Crippen LogP contribution in [0.15, 0.2) is 10.8 Å². The van der Waals surface area contributed by atoms with Crippen molar-refractivity contribution in [2.45, 2.75) is 19.8 Å². The molecule has 0 saturated heterocycles. The molecule has 0 aliphatic rings. The highest BCUT2D eigenvalue weighted by Gasteiger charge is 2.20. The molecule has 0 bridgehead atoms. The number of rotatable bonds is 3. The van der Waals surface area contributed by atoms with Crippen LogP contribution in [0.2, 0.25) is 0 Å². The zero-order chi connectivity index (χ0) is 11.6. The molecule has 1 heterocycles. The van der Waals surface area contributed by atoms with Crippen molar-refractivity contribution in [2.75, 3.05) is 0 Å². The number of alkyl halides is 2. The highest BCUT2D eigenvalue weighted by molar-refractivity contribution is 9.10. The van der Waals surface area contributed by atoms with Crippen molar-refractivity contribution in [1.29, 1.82) is 0 Å². The van der Waals surface area contributed by atoms with E-state index in [-0.39, 0.29) is 15.7 Å². The Labute approximate surface area is 93.3 Å². The Hall–Kier alpha value is -1.04. The number of aromatic nitrogens is 1. The second-order valence-electron chi connectivity index (χ2n) is 3.00. The van der Waals surface area contributed by atoms with Gasteiger partial charge in [-0.25, -0.2) is 13.8 Å². The summed E-state index contributed by atoms with van der Waals surface area (Å²) in [4.78, 5) is 14.3. The van der Waals surface area contributed by atoms with Crippen molar-refractivity contribution in [3.05, 3.63) is 27.5 Å². The van der Waals surface area contributed by atoms with Gasteiger partial charge >= 0.3 is 5.97 Å². The van der Waals surface area contributed by atoms with Crippen LogP contribution < -0.4 is 0 Å². The predicted octanol–water partition coefficient (Wildman–Crippen LogP) is 2.72. The van der Waals surface area contributed by atoms with Crippen LogP contribution in [0.25, 0.3) is 0 Å². The number of carbonyl (C=O) groups is 1. The third-order valence-electron chi connectivity index (χ3n) is 1.92. The molecule has 1 aromatic rings. The van der Waals surface area contributed by atoms with Gasteiger partial charge in [0.25, 0.3) is 6.43 Å². The zero-order valence-corrected chi connectivity index (χ0v) is 9.38. The summed E-state index contributed by atoms with van der Waals surface area (Å²) in [5.41, 5.74) is 0.0845. The molecule has 1 aromatic heterocycles. The van der Waals surface area contributed by atoms with Crippen LogP contribution in [-0.4, -0.2) is 16.1 Å². The number of carboxylic acid groups (broad SMARTS) is 1. The molecule has 0 atom stereocenters. The predicted molar refractivity (Wildman–Crippen MR) is 53.0 cm³/mol. The van der Waals surface area contributed by atoms with Gasteiger partial charge in [0.15, 0.2) is 0 Å². The van der Waals surface area contributed by atoms with E-state index < -0.39 is 18.8 Å². The molecule has 0 aromatic carbocycles. The van der Waals surface area contributed by atoms with Gasteiger partial charge in [0.05, 0.1) is 6.42 Å². The first kappa shape index (κ1) is 12.0. The highest BCUT2D eigenvalue weighted by atomic mass is 79.9. The minimum Gasteiger partial charge on any atom is -0.481 e. The van der Waals surface area contributed by atoms with E-state index in [2.05, 4.69) is 20.9 Å². The summed E-state index contributed by atoms with van der Waals surface area (Å²) in [5, 5.41) is 8.59. The van der Waals surface area contributed by atoms with Crippen molar-refractivity contribution < 1.29 is 18.7 Å². The molecule has 6 heteroatoms. The Morgan fingerprint density at radius 1 is 1.67 bits per heavy atom. The van der Waals surface area contributed by atoms with Gasteiger partial charge in [0, 0.05) is 17.3 Å².